The fourth-order valence-corrected chi connectivity index (χ4v) is 2.02. The van der Waals surface area contributed by atoms with E-state index in [1.807, 2.05) is 0 Å². The summed E-state index contributed by atoms with van der Waals surface area (Å²) in [5.41, 5.74) is 0.0429. The third-order valence-electron chi connectivity index (χ3n) is 2.41. The lowest BCUT2D eigenvalue weighted by molar-refractivity contribution is -0.385. The summed E-state index contributed by atoms with van der Waals surface area (Å²) in [6.45, 7) is 0. The van der Waals surface area contributed by atoms with Crippen molar-refractivity contribution in [2.24, 2.45) is 0 Å². The molecule has 0 aliphatic rings. The van der Waals surface area contributed by atoms with Gasteiger partial charge in [0.1, 0.15) is 10.2 Å². The molecule has 0 saturated carbocycles. The smallest absolute Gasteiger partial charge is 0.406 e. The zero-order valence-electron chi connectivity index (χ0n) is 10.6. The lowest BCUT2D eigenvalue weighted by Crippen LogP contribution is -2.17. The average molecular weight is 378 g/mol. The molecule has 0 saturated heterocycles. The molecule has 6 nitrogen and oxygen atoms in total. The quantitative estimate of drug-likeness (QED) is 0.631. The number of hydrogen-bond donors (Lipinski definition) is 1. The van der Waals surface area contributed by atoms with E-state index >= 15 is 0 Å². The van der Waals surface area contributed by atoms with E-state index in [1.165, 1.54) is 24.4 Å². The monoisotopic (exact) mass is 377 g/mol. The molecule has 1 aromatic heterocycles. The number of pyridine rings is 1. The third-order valence-corrected chi connectivity index (χ3v) is 3.05. The van der Waals surface area contributed by atoms with Crippen molar-refractivity contribution in [1.82, 2.24) is 4.98 Å². The molecule has 1 N–H and O–H groups in total. The van der Waals surface area contributed by atoms with Crippen LogP contribution in [0, 0.1) is 10.1 Å². The van der Waals surface area contributed by atoms with Gasteiger partial charge in [0.2, 0.25) is 5.82 Å². The van der Waals surface area contributed by atoms with Gasteiger partial charge < -0.3 is 10.1 Å². The summed E-state index contributed by atoms with van der Waals surface area (Å²) in [5, 5.41) is 13.7. The van der Waals surface area contributed by atoms with Gasteiger partial charge in [-0.3, -0.25) is 10.1 Å². The van der Waals surface area contributed by atoms with Crippen LogP contribution in [0.3, 0.4) is 0 Å². The summed E-state index contributed by atoms with van der Waals surface area (Å²) in [5.74, 6) is -0.432. The van der Waals surface area contributed by atoms with Crippen molar-refractivity contribution in [1.29, 1.82) is 0 Å². The molecule has 1 aromatic carbocycles. The Hall–Kier alpha value is -2.36. The molecule has 2 rings (SSSR count). The minimum absolute atomic E-state index is 0.0381. The molecule has 0 aliphatic heterocycles. The molecule has 0 unspecified atom stereocenters. The molecule has 10 heteroatoms. The van der Waals surface area contributed by atoms with Crippen molar-refractivity contribution in [3.8, 4) is 5.75 Å². The first-order chi connectivity index (χ1) is 10.3. The SMILES string of the molecule is O=[N+]([O-])c1c(Br)ccnc1Nc1ccc(OC(F)(F)F)cc1. The van der Waals surface area contributed by atoms with E-state index in [1.54, 1.807) is 0 Å². The number of alkyl halides is 3. The normalized spacial score (nSPS) is 11.1. The van der Waals surface area contributed by atoms with Crippen LogP contribution in [0.15, 0.2) is 41.0 Å². The second-order valence-corrected chi connectivity index (χ2v) is 4.80. The maximum Gasteiger partial charge on any atom is 0.573 e. The molecule has 0 radical (unpaired) electrons. The summed E-state index contributed by atoms with van der Waals surface area (Å²) in [4.78, 5) is 14.2. The summed E-state index contributed by atoms with van der Waals surface area (Å²) in [7, 11) is 0. The Labute approximate surface area is 130 Å². The number of hydrogen-bond acceptors (Lipinski definition) is 5. The summed E-state index contributed by atoms with van der Waals surface area (Å²) in [6, 6.07) is 6.14. The minimum Gasteiger partial charge on any atom is -0.406 e. The van der Waals surface area contributed by atoms with Crippen molar-refractivity contribution < 1.29 is 22.8 Å². The first-order valence-electron chi connectivity index (χ1n) is 5.68. The van der Waals surface area contributed by atoms with Crippen LogP contribution in [0.25, 0.3) is 0 Å². The zero-order chi connectivity index (χ0) is 16.3. The molecule has 2 aromatic rings. The number of nitrogens with zero attached hydrogens (tertiary/aromatic N) is 2. The van der Waals surface area contributed by atoms with E-state index in [0.717, 1.165) is 12.1 Å². The van der Waals surface area contributed by atoms with Crippen LogP contribution < -0.4 is 10.1 Å². The highest BCUT2D eigenvalue weighted by Gasteiger charge is 2.31. The topological polar surface area (TPSA) is 77.3 Å². The van der Waals surface area contributed by atoms with Gasteiger partial charge in [-0.05, 0) is 46.3 Å². The molecular weight excluding hydrogens is 371 g/mol. The van der Waals surface area contributed by atoms with Gasteiger partial charge in [0.15, 0.2) is 0 Å². The van der Waals surface area contributed by atoms with Crippen molar-refractivity contribution in [2.75, 3.05) is 5.32 Å². The van der Waals surface area contributed by atoms with E-state index in [9.17, 15) is 23.3 Å². The number of rotatable bonds is 4. The van der Waals surface area contributed by atoms with Gasteiger partial charge in [-0.1, -0.05) is 0 Å². The van der Waals surface area contributed by atoms with Gasteiger partial charge in [-0.15, -0.1) is 13.2 Å². The largest absolute Gasteiger partial charge is 0.573 e. The molecular formula is C12H7BrF3N3O3. The van der Waals surface area contributed by atoms with Crippen LogP contribution in [0.5, 0.6) is 5.75 Å². The highest BCUT2D eigenvalue weighted by molar-refractivity contribution is 9.10. The number of aromatic nitrogens is 1. The van der Waals surface area contributed by atoms with Crippen molar-refractivity contribution in [3.05, 3.63) is 51.1 Å². The van der Waals surface area contributed by atoms with Crippen LogP contribution in [0.4, 0.5) is 30.4 Å². The number of anilines is 2. The molecule has 1 heterocycles. The van der Waals surface area contributed by atoms with Gasteiger partial charge in [-0.2, -0.15) is 0 Å². The Morgan fingerprint density at radius 1 is 1.23 bits per heavy atom. The number of halogens is 4. The Morgan fingerprint density at radius 2 is 1.86 bits per heavy atom. The first-order valence-corrected chi connectivity index (χ1v) is 6.47. The summed E-state index contributed by atoms with van der Waals surface area (Å²) in [6.07, 6.45) is -3.43. The standard InChI is InChI=1S/C12H7BrF3N3O3/c13-9-5-6-17-11(10(9)19(20)21)18-7-1-3-8(4-2-7)22-12(14,15)16/h1-6H,(H,17,18). The summed E-state index contributed by atoms with van der Waals surface area (Å²) < 4.78 is 40.1. The molecule has 0 fully saturated rings. The maximum atomic E-state index is 12.0. The second kappa shape index (κ2) is 6.18. The van der Waals surface area contributed by atoms with Crippen molar-refractivity contribution in [3.63, 3.8) is 0 Å². The zero-order valence-corrected chi connectivity index (χ0v) is 12.2. The van der Waals surface area contributed by atoms with Gasteiger partial charge in [-0.25, -0.2) is 4.98 Å². The Balaban J connectivity index is 2.22. The Morgan fingerprint density at radius 3 is 2.41 bits per heavy atom. The van der Waals surface area contributed by atoms with Gasteiger partial charge in [0.05, 0.1) is 4.92 Å². The van der Waals surface area contributed by atoms with Crippen molar-refractivity contribution >= 4 is 33.1 Å². The van der Waals surface area contributed by atoms with Crippen LogP contribution >= 0.6 is 15.9 Å². The van der Waals surface area contributed by atoms with E-state index in [2.05, 4.69) is 31.0 Å². The maximum absolute atomic E-state index is 12.0. The first kappa shape index (κ1) is 16.0. The Kier molecular flexibility index (Phi) is 4.50. The van der Waals surface area contributed by atoms with Crippen LogP contribution in [0.2, 0.25) is 0 Å². The molecule has 0 aliphatic carbocycles. The molecule has 0 spiro atoms. The number of ether oxygens (including phenoxy) is 1. The third kappa shape index (κ3) is 4.07. The predicted octanol–water partition coefficient (Wildman–Crippen LogP) is 4.39. The van der Waals surface area contributed by atoms with E-state index in [0.29, 0.717) is 5.69 Å². The molecule has 22 heavy (non-hydrogen) atoms. The average Bonchev–Trinajstić information content (AvgIpc) is 2.39. The fraction of sp³-hybridized carbons (Fsp3) is 0.0833. The fourth-order valence-electron chi connectivity index (χ4n) is 1.57. The number of nitro groups is 1. The lowest BCUT2D eigenvalue weighted by Gasteiger charge is -2.10. The van der Waals surface area contributed by atoms with E-state index in [4.69, 9.17) is 0 Å². The van der Waals surface area contributed by atoms with Crippen LogP contribution in [-0.4, -0.2) is 16.3 Å². The second-order valence-electron chi connectivity index (χ2n) is 3.94. The highest BCUT2D eigenvalue weighted by atomic mass is 79.9. The predicted molar refractivity (Wildman–Crippen MR) is 75.0 cm³/mol. The number of nitrogens with one attached hydrogen (secondary N) is 1. The molecule has 0 bridgehead atoms. The van der Waals surface area contributed by atoms with E-state index < -0.39 is 17.0 Å². The van der Waals surface area contributed by atoms with E-state index in [-0.39, 0.29) is 16.0 Å². The highest BCUT2D eigenvalue weighted by Crippen LogP contribution is 2.33. The Bertz CT molecular complexity index is 692. The van der Waals surface area contributed by atoms with Crippen LogP contribution in [-0.2, 0) is 0 Å². The lowest BCUT2D eigenvalue weighted by atomic mass is 10.3. The molecule has 0 amide bonds. The van der Waals surface area contributed by atoms with Gasteiger partial charge in [0.25, 0.3) is 0 Å². The summed E-state index contributed by atoms with van der Waals surface area (Å²) >= 11 is 3.04. The minimum atomic E-state index is -4.78. The molecule has 0 atom stereocenters. The van der Waals surface area contributed by atoms with Gasteiger partial charge in [0, 0.05) is 11.9 Å². The molecule has 116 valence electrons. The van der Waals surface area contributed by atoms with Crippen molar-refractivity contribution in [2.45, 2.75) is 6.36 Å². The number of benzene rings is 1. The van der Waals surface area contributed by atoms with Gasteiger partial charge >= 0.3 is 12.0 Å². The van der Waals surface area contributed by atoms with Crippen LogP contribution in [0.1, 0.15) is 0 Å².